The van der Waals surface area contributed by atoms with Gasteiger partial charge in [-0.25, -0.2) is 4.39 Å². The number of benzene rings is 1. The van der Waals surface area contributed by atoms with Crippen LogP contribution in [0.2, 0.25) is 0 Å². The Morgan fingerprint density at radius 2 is 1.80 bits per heavy atom. The predicted molar refractivity (Wildman–Crippen MR) is 86.2 cm³/mol. The number of halogens is 1. The summed E-state index contributed by atoms with van der Waals surface area (Å²) in [4.78, 5) is 40.7. The second-order valence-electron chi connectivity index (χ2n) is 6.17. The van der Waals surface area contributed by atoms with E-state index in [4.69, 9.17) is 4.74 Å². The predicted octanol–water partition coefficient (Wildman–Crippen LogP) is 0.106. The van der Waals surface area contributed by atoms with Crippen LogP contribution in [0.25, 0.3) is 0 Å². The summed E-state index contributed by atoms with van der Waals surface area (Å²) in [7, 11) is 1.50. The number of carbonyl (C=O) groups is 3. The summed E-state index contributed by atoms with van der Waals surface area (Å²) in [6, 6.07) is 5.08. The molecule has 1 aromatic carbocycles. The van der Waals surface area contributed by atoms with Crippen LogP contribution in [-0.2, 0) is 14.4 Å². The molecule has 3 rings (SSSR count). The third-order valence-corrected chi connectivity index (χ3v) is 4.64. The maximum absolute atomic E-state index is 12.8. The molecule has 1 unspecified atom stereocenters. The van der Waals surface area contributed by atoms with Crippen molar-refractivity contribution in [3.8, 4) is 5.75 Å². The van der Waals surface area contributed by atoms with Crippen molar-refractivity contribution in [1.82, 2.24) is 14.7 Å². The average Bonchev–Trinajstić information content (AvgIpc) is 2.88. The van der Waals surface area contributed by atoms with E-state index in [2.05, 4.69) is 0 Å². The summed E-state index contributed by atoms with van der Waals surface area (Å²) in [6.07, 6.45) is 0.205. The molecule has 2 aliphatic rings. The van der Waals surface area contributed by atoms with Crippen LogP contribution in [0, 0.1) is 5.82 Å². The molecule has 0 aliphatic carbocycles. The molecule has 1 atom stereocenters. The first kappa shape index (κ1) is 17.3. The standard InChI is InChI=1S/C17H20FN3O4/c1-19-15(22)10-14(17(19)24)20-6-8-21(9-7-20)16(23)11-25-13-4-2-12(18)3-5-13/h2-5,14H,6-11H2,1H3. The molecule has 25 heavy (non-hydrogen) atoms. The third-order valence-electron chi connectivity index (χ3n) is 4.64. The Morgan fingerprint density at radius 1 is 1.16 bits per heavy atom. The first-order valence-corrected chi connectivity index (χ1v) is 8.16. The fraction of sp³-hybridized carbons (Fsp3) is 0.471. The fourth-order valence-corrected chi connectivity index (χ4v) is 3.07. The van der Waals surface area contributed by atoms with Crippen molar-refractivity contribution in [1.29, 1.82) is 0 Å². The van der Waals surface area contributed by atoms with Gasteiger partial charge >= 0.3 is 0 Å². The van der Waals surface area contributed by atoms with E-state index in [-0.39, 0.29) is 36.6 Å². The fourth-order valence-electron chi connectivity index (χ4n) is 3.07. The lowest BCUT2D eigenvalue weighted by Crippen LogP contribution is -2.54. The second-order valence-corrected chi connectivity index (χ2v) is 6.17. The highest BCUT2D eigenvalue weighted by molar-refractivity contribution is 6.05. The van der Waals surface area contributed by atoms with Gasteiger partial charge < -0.3 is 9.64 Å². The van der Waals surface area contributed by atoms with E-state index in [0.717, 1.165) is 0 Å². The van der Waals surface area contributed by atoms with E-state index in [9.17, 15) is 18.8 Å². The number of hydrogen-bond donors (Lipinski definition) is 0. The van der Waals surface area contributed by atoms with E-state index in [1.165, 1.54) is 36.2 Å². The van der Waals surface area contributed by atoms with Gasteiger partial charge in [0.2, 0.25) is 11.8 Å². The molecule has 3 amide bonds. The van der Waals surface area contributed by atoms with Crippen LogP contribution in [0.5, 0.6) is 5.75 Å². The molecular weight excluding hydrogens is 329 g/mol. The van der Waals surface area contributed by atoms with Crippen molar-refractivity contribution in [2.75, 3.05) is 39.8 Å². The molecule has 1 aromatic rings. The zero-order chi connectivity index (χ0) is 18.0. The van der Waals surface area contributed by atoms with Crippen LogP contribution in [-0.4, -0.2) is 78.3 Å². The molecule has 134 valence electrons. The molecule has 0 spiro atoms. The summed E-state index contributed by atoms with van der Waals surface area (Å²) in [5.41, 5.74) is 0. The Labute approximate surface area is 144 Å². The Hall–Kier alpha value is -2.48. The van der Waals surface area contributed by atoms with Gasteiger partial charge in [0, 0.05) is 33.2 Å². The van der Waals surface area contributed by atoms with Crippen LogP contribution < -0.4 is 4.74 Å². The van der Waals surface area contributed by atoms with Crippen LogP contribution in [0.3, 0.4) is 0 Å². The van der Waals surface area contributed by atoms with Gasteiger partial charge in [-0.15, -0.1) is 0 Å². The lowest BCUT2D eigenvalue weighted by Gasteiger charge is -2.36. The minimum atomic E-state index is -0.412. The third kappa shape index (κ3) is 3.79. The van der Waals surface area contributed by atoms with Gasteiger partial charge in [0.05, 0.1) is 12.5 Å². The van der Waals surface area contributed by atoms with Gasteiger partial charge in [-0.3, -0.25) is 24.2 Å². The van der Waals surface area contributed by atoms with Crippen LogP contribution in [0.1, 0.15) is 6.42 Å². The van der Waals surface area contributed by atoms with Crippen molar-refractivity contribution >= 4 is 17.7 Å². The number of hydrogen-bond acceptors (Lipinski definition) is 5. The summed E-state index contributed by atoms with van der Waals surface area (Å²) in [5.74, 6) is -0.424. The minimum absolute atomic E-state index is 0.116. The van der Waals surface area contributed by atoms with Crippen molar-refractivity contribution in [3.63, 3.8) is 0 Å². The normalized spacial score (nSPS) is 21.8. The molecule has 0 saturated carbocycles. The van der Waals surface area contributed by atoms with Crippen molar-refractivity contribution in [2.45, 2.75) is 12.5 Å². The van der Waals surface area contributed by atoms with Crippen molar-refractivity contribution < 1.29 is 23.5 Å². The Morgan fingerprint density at radius 3 is 2.36 bits per heavy atom. The molecule has 0 N–H and O–H groups in total. The minimum Gasteiger partial charge on any atom is -0.484 e. The molecular formula is C17H20FN3O4. The van der Waals surface area contributed by atoms with E-state index in [1.807, 2.05) is 4.90 Å². The van der Waals surface area contributed by atoms with Crippen LogP contribution >= 0.6 is 0 Å². The van der Waals surface area contributed by atoms with Gasteiger partial charge in [-0.1, -0.05) is 0 Å². The number of likely N-dealkylation sites (tertiary alicyclic amines) is 1. The first-order valence-electron chi connectivity index (χ1n) is 8.16. The largest absolute Gasteiger partial charge is 0.484 e. The molecule has 8 heteroatoms. The second kappa shape index (κ2) is 7.18. The summed E-state index contributed by atoms with van der Waals surface area (Å²) in [6.45, 7) is 1.93. The van der Waals surface area contributed by atoms with Gasteiger partial charge in [-0.05, 0) is 24.3 Å². The number of amides is 3. The lowest BCUT2D eigenvalue weighted by molar-refractivity contribution is -0.138. The van der Waals surface area contributed by atoms with Gasteiger partial charge in [0.1, 0.15) is 11.6 Å². The molecule has 2 heterocycles. The van der Waals surface area contributed by atoms with Gasteiger partial charge in [0.15, 0.2) is 6.61 Å². The average molecular weight is 349 g/mol. The summed E-state index contributed by atoms with van der Waals surface area (Å²) in [5, 5.41) is 0. The maximum atomic E-state index is 12.8. The summed E-state index contributed by atoms with van der Waals surface area (Å²) >= 11 is 0. The highest BCUT2D eigenvalue weighted by Crippen LogP contribution is 2.19. The number of piperazine rings is 1. The van der Waals surface area contributed by atoms with E-state index >= 15 is 0 Å². The molecule has 0 aromatic heterocycles. The van der Waals surface area contributed by atoms with Gasteiger partial charge in [-0.2, -0.15) is 0 Å². The monoisotopic (exact) mass is 349 g/mol. The highest BCUT2D eigenvalue weighted by Gasteiger charge is 2.40. The molecule has 0 bridgehead atoms. The number of rotatable bonds is 4. The zero-order valence-electron chi connectivity index (χ0n) is 14.0. The molecule has 2 saturated heterocycles. The van der Waals surface area contributed by atoms with Crippen LogP contribution in [0.4, 0.5) is 4.39 Å². The van der Waals surface area contributed by atoms with Crippen molar-refractivity contribution in [2.24, 2.45) is 0 Å². The SMILES string of the molecule is CN1C(=O)CC(N2CCN(C(=O)COc3ccc(F)cc3)CC2)C1=O. The van der Waals surface area contributed by atoms with E-state index < -0.39 is 6.04 Å². The van der Waals surface area contributed by atoms with E-state index in [0.29, 0.717) is 31.9 Å². The lowest BCUT2D eigenvalue weighted by atomic mass is 10.1. The first-order chi connectivity index (χ1) is 12.0. The zero-order valence-corrected chi connectivity index (χ0v) is 14.0. The molecule has 2 fully saturated rings. The van der Waals surface area contributed by atoms with Gasteiger partial charge in [0.25, 0.3) is 5.91 Å². The highest BCUT2D eigenvalue weighted by atomic mass is 19.1. The number of ether oxygens (including phenoxy) is 1. The number of nitrogens with zero attached hydrogens (tertiary/aromatic N) is 3. The Balaban J connectivity index is 1.47. The molecule has 7 nitrogen and oxygen atoms in total. The van der Waals surface area contributed by atoms with Crippen molar-refractivity contribution in [3.05, 3.63) is 30.1 Å². The number of carbonyl (C=O) groups excluding carboxylic acids is 3. The number of imide groups is 1. The van der Waals surface area contributed by atoms with E-state index in [1.54, 1.807) is 4.90 Å². The summed E-state index contributed by atoms with van der Waals surface area (Å²) < 4.78 is 18.2. The Kier molecular flexibility index (Phi) is 4.98. The Bertz CT molecular complexity index is 671. The van der Waals surface area contributed by atoms with Crippen LogP contribution in [0.15, 0.2) is 24.3 Å². The number of likely N-dealkylation sites (N-methyl/N-ethyl adjacent to an activating group) is 1. The molecule has 0 radical (unpaired) electrons. The topological polar surface area (TPSA) is 70.2 Å². The molecule has 2 aliphatic heterocycles. The smallest absolute Gasteiger partial charge is 0.260 e. The quantitative estimate of drug-likeness (QED) is 0.722. The maximum Gasteiger partial charge on any atom is 0.260 e.